The summed E-state index contributed by atoms with van der Waals surface area (Å²) in [6.07, 6.45) is 1.73. The van der Waals surface area contributed by atoms with Gasteiger partial charge < -0.3 is 16.0 Å². The van der Waals surface area contributed by atoms with Crippen LogP contribution in [0.5, 0.6) is 0 Å². The molecule has 1 fully saturated rings. The molecule has 4 N–H and O–H groups in total. The number of rotatable bonds is 5. The first-order chi connectivity index (χ1) is 13.3. The molecule has 0 saturated carbocycles. The monoisotopic (exact) mass is 388 g/mol. The SMILES string of the molecule is Cc1nc2c(c(C)c1CC(=O)N1CCCC(C(=O)NCCN)C1)c(=O)[nH]n2C. The number of aryl methyl sites for hydroxylation is 3. The average Bonchev–Trinajstić information content (AvgIpc) is 2.96. The summed E-state index contributed by atoms with van der Waals surface area (Å²) in [6.45, 7) is 5.60. The number of nitrogens with two attached hydrogens (primary N) is 1. The van der Waals surface area contributed by atoms with Crippen LogP contribution in [-0.2, 0) is 23.1 Å². The lowest BCUT2D eigenvalue weighted by Gasteiger charge is -2.32. The van der Waals surface area contributed by atoms with Crippen LogP contribution in [0.25, 0.3) is 11.0 Å². The molecule has 3 rings (SSSR count). The number of aromatic amines is 1. The molecule has 3 heterocycles. The van der Waals surface area contributed by atoms with Crippen molar-refractivity contribution >= 4 is 22.8 Å². The molecule has 2 amide bonds. The van der Waals surface area contributed by atoms with Crippen LogP contribution in [0.3, 0.4) is 0 Å². The van der Waals surface area contributed by atoms with Gasteiger partial charge in [0.05, 0.1) is 17.7 Å². The third kappa shape index (κ3) is 3.80. The molecule has 1 aliphatic rings. The summed E-state index contributed by atoms with van der Waals surface area (Å²) in [6, 6.07) is 0. The highest BCUT2D eigenvalue weighted by atomic mass is 16.2. The molecule has 152 valence electrons. The highest BCUT2D eigenvalue weighted by Crippen LogP contribution is 2.22. The van der Waals surface area contributed by atoms with Gasteiger partial charge in [-0.25, -0.2) is 4.98 Å². The van der Waals surface area contributed by atoms with Crippen molar-refractivity contribution < 1.29 is 9.59 Å². The van der Waals surface area contributed by atoms with Gasteiger partial charge in [0.25, 0.3) is 5.56 Å². The topological polar surface area (TPSA) is 126 Å². The predicted molar refractivity (Wildman–Crippen MR) is 106 cm³/mol. The van der Waals surface area contributed by atoms with Crippen LogP contribution in [0.15, 0.2) is 4.79 Å². The van der Waals surface area contributed by atoms with E-state index in [9.17, 15) is 14.4 Å². The molecule has 0 spiro atoms. The Labute approximate surface area is 163 Å². The van der Waals surface area contributed by atoms with E-state index in [0.717, 1.165) is 29.7 Å². The fourth-order valence-electron chi connectivity index (χ4n) is 3.93. The lowest BCUT2D eigenvalue weighted by molar-refractivity contribution is -0.135. The van der Waals surface area contributed by atoms with Crippen molar-refractivity contribution in [3.05, 3.63) is 27.2 Å². The highest BCUT2D eigenvalue weighted by Gasteiger charge is 2.29. The zero-order valence-electron chi connectivity index (χ0n) is 16.7. The molecular weight excluding hydrogens is 360 g/mol. The second-order valence-corrected chi connectivity index (χ2v) is 7.43. The van der Waals surface area contributed by atoms with Gasteiger partial charge in [-0.1, -0.05) is 0 Å². The molecular formula is C19H28N6O3. The lowest BCUT2D eigenvalue weighted by Crippen LogP contribution is -2.46. The smallest absolute Gasteiger partial charge is 0.273 e. The molecule has 2 aromatic rings. The first-order valence-electron chi connectivity index (χ1n) is 9.63. The molecule has 1 unspecified atom stereocenters. The van der Waals surface area contributed by atoms with Gasteiger partial charge in [0.1, 0.15) is 0 Å². The Morgan fingerprint density at radius 1 is 1.36 bits per heavy atom. The van der Waals surface area contributed by atoms with Crippen molar-refractivity contribution in [3.8, 4) is 0 Å². The number of pyridine rings is 1. The number of carbonyl (C=O) groups is 2. The van der Waals surface area contributed by atoms with Crippen LogP contribution in [0.2, 0.25) is 0 Å². The molecule has 0 bridgehead atoms. The van der Waals surface area contributed by atoms with Gasteiger partial charge in [0, 0.05) is 38.9 Å². The van der Waals surface area contributed by atoms with Crippen molar-refractivity contribution in [2.45, 2.75) is 33.1 Å². The minimum Gasteiger partial charge on any atom is -0.355 e. The van der Waals surface area contributed by atoms with Crippen molar-refractivity contribution in [1.82, 2.24) is 25.0 Å². The summed E-state index contributed by atoms with van der Waals surface area (Å²) in [7, 11) is 1.74. The van der Waals surface area contributed by atoms with E-state index in [4.69, 9.17) is 5.73 Å². The molecule has 2 aromatic heterocycles. The first-order valence-corrected chi connectivity index (χ1v) is 9.63. The minimum atomic E-state index is -0.205. The fourth-order valence-corrected chi connectivity index (χ4v) is 3.93. The number of nitrogens with one attached hydrogen (secondary N) is 2. The number of hydrogen-bond acceptors (Lipinski definition) is 5. The van der Waals surface area contributed by atoms with Crippen LogP contribution >= 0.6 is 0 Å². The number of likely N-dealkylation sites (tertiary alicyclic amines) is 1. The van der Waals surface area contributed by atoms with Crippen molar-refractivity contribution in [1.29, 1.82) is 0 Å². The Kier molecular flexibility index (Phi) is 5.83. The molecule has 0 aromatic carbocycles. The molecule has 1 aliphatic heterocycles. The van der Waals surface area contributed by atoms with Crippen molar-refractivity contribution in [2.24, 2.45) is 18.7 Å². The van der Waals surface area contributed by atoms with Gasteiger partial charge in [0.15, 0.2) is 5.65 Å². The van der Waals surface area contributed by atoms with E-state index < -0.39 is 0 Å². The fraction of sp³-hybridized carbons (Fsp3) is 0.579. The van der Waals surface area contributed by atoms with E-state index in [0.29, 0.717) is 37.2 Å². The van der Waals surface area contributed by atoms with E-state index in [1.54, 1.807) is 16.6 Å². The number of piperidine rings is 1. The quantitative estimate of drug-likeness (QED) is 0.650. The number of fused-ring (bicyclic) bond motifs is 1. The normalized spacial score (nSPS) is 17.1. The largest absolute Gasteiger partial charge is 0.355 e. The third-order valence-electron chi connectivity index (χ3n) is 5.49. The Balaban J connectivity index is 1.78. The van der Waals surface area contributed by atoms with Crippen LogP contribution in [0, 0.1) is 19.8 Å². The van der Waals surface area contributed by atoms with E-state index in [1.165, 1.54) is 0 Å². The Bertz CT molecular complexity index is 961. The predicted octanol–water partition coefficient (Wildman–Crippen LogP) is -0.266. The summed E-state index contributed by atoms with van der Waals surface area (Å²) in [4.78, 5) is 43.6. The Morgan fingerprint density at radius 2 is 2.11 bits per heavy atom. The number of nitrogens with zero attached hydrogens (tertiary/aromatic N) is 3. The molecule has 1 atom stereocenters. The molecule has 0 aliphatic carbocycles. The third-order valence-corrected chi connectivity index (χ3v) is 5.49. The molecule has 28 heavy (non-hydrogen) atoms. The van der Waals surface area contributed by atoms with Crippen LogP contribution in [0.1, 0.15) is 29.7 Å². The Hall–Kier alpha value is -2.68. The standard InChI is InChI=1S/C19H28N6O3/c1-11-14(12(2)22-17-16(11)19(28)23-24(17)3)9-15(26)25-8-4-5-13(10-25)18(27)21-7-6-20/h13H,4-10,20H2,1-3H3,(H,21,27)(H,23,28). The van der Waals surface area contributed by atoms with E-state index in [1.807, 2.05) is 13.8 Å². The number of H-pyrrole nitrogens is 1. The summed E-state index contributed by atoms with van der Waals surface area (Å²) in [5.41, 5.74) is 8.13. The van der Waals surface area contributed by atoms with Crippen LogP contribution in [-0.4, -0.2) is 57.7 Å². The Morgan fingerprint density at radius 3 is 2.82 bits per heavy atom. The summed E-state index contributed by atoms with van der Waals surface area (Å²) in [5.74, 6) is -0.297. The number of aromatic nitrogens is 3. The van der Waals surface area contributed by atoms with Gasteiger partial charge >= 0.3 is 0 Å². The van der Waals surface area contributed by atoms with Crippen molar-refractivity contribution in [2.75, 3.05) is 26.2 Å². The maximum absolute atomic E-state index is 12.9. The van der Waals surface area contributed by atoms with Gasteiger partial charge in [-0.3, -0.25) is 24.2 Å². The average molecular weight is 388 g/mol. The molecule has 0 radical (unpaired) electrons. The second-order valence-electron chi connectivity index (χ2n) is 7.43. The van der Waals surface area contributed by atoms with E-state index >= 15 is 0 Å². The van der Waals surface area contributed by atoms with Gasteiger partial charge in [-0.05, 0) is 37.8 Å². The number of carbonyl (C=O) groups excluding carboxylic acids is 2. The zero-order valence-corrected chi connectivity index (χ0v) is 16.7. The highest BCUT2D eigenvalue weighted by molar-refractivity contribution is 5.85. The second kappa shape index (κ2) is 8.14. The summed E-state index contributed by atoms with van der Waals surface area (Å²) >= 11 is 0. The minimum absolute atomic E-state index is 0.0453. The maximum atomic E-state index is 12.9. The summed E-state index contributed by atoms with van der Waals surface area (Å²) < 4.78 is 1.60. The van der Waals surface area contributed by atoms with E-state index in [2.05, 4.69) is 15.4 Å². The van der Waals surface area contributed by atoms with Gasteiger partial charge in [-0.15, -0.1) is 0 Å². The van der Waals surface area contributed by atoms with Crippen LogP contribution in [0.4, 0.5) is 0 Å². The summed E-state index contributed by atoms with van der Waals surface area (Å²) in [5, 5.41) is 6.04. The first kappa shape index (κ1) is 20.1. The molecule has 9 nitrogen and oxygen atoms in total. The lowest BCUT2D eigenvalue weighted by atomic mass is 9.95. The molecule has 9 heteroatoms. The van der Waals surface area contributed by atoms with E-state index in [-0.39, 0.29) is 29.7 Å². The van der Waals surface area contributed by atoms with Crippen molar-refractivity contribution in [3.63, 3.8) is 0 Å². The van der Waals surface area contributed by atoms with Gasteiger partial charge in [-0.2, -0.15) is 0 Å². The number of hydrogen-bond donors (Lipinski definition) is 3. The zero-order chi connectivity index (χ0) is 20.4. The number of amides is 2. The molecule has 1 saturated heterocycles. The van der Waals surface area contributed by atoms with Crippen LogP contribution < -0.4 is 16.6 Å². The van der Waals surface area contributed by atoms with Gasteiger partial charge in [0.2, 0.25) is 11.8 Å². The maximum Gasteiger partial charge on any atom is 0.273 e.